The summed E-state index contributed by atoms with van der Waals surface area (Å²) in [5.74, 6) is 4.95. The van der Waals surface area contributed by atoms with E-state index in [4.69, 9.17) is 9.47 Å². The topological polar surface area (TPSA) is 78.7 Å². The SMILES string of the molecule is CC(C)CCC[C@H](C)[C@H]1CC[C@H]2[C@@H]3CC=C4C[C@H](OC(=O)Oc5cccc([N+](=O)[O-])c5)CC[C@]4(C)[C@H]3CC[C@]12C. The second kappa shape index (κ2) is 11.5. The average Bonchev–Trinajstić information content (AvgIpc) is 3.26. The van der Waals surface area contributed by atoms with Crippen LogP contribution in [0.2, 0.25) is 0 Å². The predicted molar refractivity (Wildman–Crippen MR) is 157 cm³/mol. The van der Waals surface area contributed by atoms with Crippen molar-refractivity contribution in [2.45, 2.75) is 111 Å². The molecule has 5 rings (SSSR count). The summed E-state index contributed by atoms with van der Waals surface area (Å²) in [6.45, 7) is 12.4. The van der Waals surface area contributed by atoms with E-state index in [-0.39, 0.29) is 23.0 Å². The van der Waals surface area contributed by atoms with Crippen LogP contribution in [0, 0.1) is 56.5 Å². The van der Waals surface area contributed by atoms with Crippen molar-refractivity contribution < 1.29 is 19.2 Å². The Kier molecular flexibility index (Phi) is 8.37. The normalized spacial score (nSPS) is 35.6. The first kappa shape index (κ1) is 29.1. The molecule has 4 aliphatic carbocycles. The van der Waals surface area contributed by atoms with Crippen molar-refractivity contribution in [2.75, 3.05) is 0 Å². The first-order valence-electron chi connectivity index (χ1n) is 15.8. The zero-order chi connectivity index (χ0) is 28.7. The Morgan fingerprint density at radius 2 is 1.88 bits per heavy atom. The minimum absolute atomic E-state index is 0.113. The fourth-order valence-corrected chi connectivity index (χ4v) is 9.67. The monoisotopic (exact) mass is 551 g/mol. The molecule has 0 spiro atoms. The van der Waals surface area contributed by atoms with Gasteiger partial charge in [0.15, 0.2) is 0 Å². The summed E-state index contributed by atoms with van der Waals surface area (Å²) in [6.07, 6.45) is 14.9. The third-order valence-corrected chi connectivity index (χ3v) is 11.8. The van der Waals surface area contributed by atoms with Gasteiger partial charge < -0.3 is 9.47 Å². The molecular formula is C34H49NO5. The molecule has 6 nitrogen and oxygen atoms in total. The smallest absolute Gasteiger partial charge is 0.430 e. The van der Waals surface area contributed by atoms with Gasteiger partial charge in [-0.25, -0.2) is 4.79 Å². The van der Waals surface area contributed by atoms with Crippen molar-refractivity contribution in [3.63, 3.8) is 0 Å². The van der Waals surface area contributed by atoms with Gasteiger partial charge in [-0.2, -0.15) is 0 Å². The van der Waals surface area contributed by atoms with Gasteiger partial charge in [-0.15, -0.1) is 0 Å². The van der Waals surface area contributed by atoms with Crippen LogP contribution in [0.15, 0.2) is 35.9 Å². The van der Waals surface area contributed by atoms with Crippen molar-refractivity contribution >= 4 is 11.8 Å². The van der Waals surface area contributed by atoms with E-state index in [0.717, 1.165) is 61.2 Å². The molecule has 220 valence electrons. The lowest BCUT2D eigenvalue weighted by Crippen LogP contribution is -2.51. The predicted octanol–water partition coefficient (Wildman–Crippen LogP) is 9.52. The fourth-order valence-electron chi connectivity index (χ4n) is 9.67. The van der Waals surface area contributed by atoms with Gasteiger partial charge in [0.25, 0.3) is 5.69 Å². The Morgan fingerprint density at radius 3 is 2.62 bits per heavy atom. The number of allylic oxidation sites excluding steroid dienone is 1. The Bertz CT molecular complexity index is 1130. The molecule has 0 saturated heterocycles. The molecule has 0 amide bonds. The maximum absolute atomic E-state index is 12.5. The lowest BCUT2D eigenvalue weighted by molar-refractivity contribution is -0.384. The number of nitro groups is 1. The van der Waals surface area contributed by atoms with E-state index in [2.05, 4.69) is 40.7 Å². The quantitative estimate of drug-likeness (QED) is 0.106. The third-order valence-electron chi connectivity index (χ3n) is 11.8. The van der Waals surface area contributed by atoms with Crippen LogP contribution in [0.1, 0.15) is 105 Å². The number of nitrogens with zero attached hydrogens (tertiary/aromatic N) is 1. The second-order valence-electron chi connectivity index (χ2n) is 14.4. The number of carbonyl (C=O) groups is 1. The van der Waals surface area contributed by atoms with Crippen LogP contribution < -0.4 is 4.74 Å². The van der Waals surface area contributed by atoms with E-state index in [9.17, 15) is 14.9 Å². The molecule has 0 aliphatic heterocycles. The Balaban J connectivity index is 1.21. The van der Waals surface area contributed by atoms with Crippen molar-refractivity contribution in [3.05, 3.63) is 46.0 Å². The molecular weight excluding hydrogens is 502 g/mol. The molecule has 0 heterocycles. The maximum Gasteiger partial charge on any atom is 0.514 e. The van der Waals surface area contributed by atoms with E-state index >= 15 is 0 Å². The summed E-state index contributed by atoms with van der Waals surface area (Å²) in [7, 11) is 0. The van der Waals surface area contributed by atoms with Gasteiger partial charge in [-0.05, 0) is 97.3 Å². The van der Waals surface area contributed by atoms with E-state index in [1.165, 1.54) is 74.8 Å². The molecule has 1 aromatic carbocycles. The summed E-state index contributed by atoms with van der Waals surface area (Å²) in [5.41, 5.74) is 2.03. The van der Waals surface area contributed by atoms with Crippen LogP contribution in [0.25, 0.3) is 0 Å². The van der Waals surface area contributed by atoms with Gasteiger partial charge in [-0.3, -0.25) is 10.1 Å². The van der Waals surface area contributed by atoms with Crippen LogP contribution >= 0.6 is 0 Å². The van der Waals surface area contributed by atoms with Crippen molar-refractivity contribution in [1.82, 2.24) is 0 Å². The Labute approximate surface area is 240 Å². The number of carbonyl (C=O) groups excluding carboxylic acids is 1. The lowest BCUT2D eigenvalue weighted by atomic mass is 9.47. The molecule has 3 saturated carbocycles. The summed E-state index contributed by atoms with van der Waals surface area (Å²) in [4.78, 5) is 23.1. The second-order valence-corrected chi connectivity index (χ2v) is 14.4. The van der Waals surface area contributed by atoms with Crippen LogP contribution in [0.3, 0.4) is 0 Å². The third kappa shape index (κ3) is 5.56. The molecule has 0 N–H and O–H groups in total. The number of rotatable bonds is 8. The standard InChI is InChI=1S/C34H49NO5/c1-22(2)8-6-9-23(3)29-14-15-30-28-13-12-24-20-27(16-18-33(24,4)31(28)17-19-34(29,30)5)40-32(36)39-26-11-7-10-25(21-26)35(37)38/h7,10-12,21-23,27-31H,6,8-9,13-20H2,1-5H3/t23-,27+,28-,29+,30-,31-,33-,34+/m0/s1. The summed E-state index contributed by atoms with van der Waals surface area (Å²) < 4.78 is 11.0. The first-order valence-corrected chi connectivity index (χ1v) is 15.8. The minimum Gasteiger partial charge on any atom is -0.430 e. The highest BCUT2D eigenvalue weighted by molar-refractivity contribution is 5.64. The maximum atomic E-state index is 12.5. The number of hydrogen-bond acceptors (Lipinski definition) is 5. The molecule has 6 heteroatoms. The Hall–Kier alpha value is -2.37. The van der Waals surface area contributed by atoms with Crippen molar-refractivity contribution in [3.8, 4) is 5.75 Å². The Morgan fingerprint density at radius 1 is 1.07 bits per heavy atom. The van der Waals surface area contributed by atoms with E-state index < -0.39 is 11.1 Å². The largest absolute Gasteiger partial charge is 0.514 e. The molecule has 40 heavy (non-hydrogen) atoms. The number of benzene rings is 1. The average molecular weight is 552 g/mol. The van der Waals surface area contributed by atoms with Crippen LogP contribution in [-0.4, -0.2) is 17.2 Å². The molecule has 1 aromatic rings. The van der Waals surface area contributed by atoms with Crippen molar-refractivity contribution in [2.24, 2.45) is 46.3 Å². The first-order chi connectivity index (χ1) is 19.0. The van der Waals surface area contributed by atoms with E-state index in [0.29, 0.717) is 5.41 Å². The highest BCUT2D eigenvalue weighted by Crippen LogP contribution is 2.67. The van der Waals surface area contributed by atoms with Crippen molar-refractivity contribution in [1.29, 1.82) is 0 Å². The molecule has 0 bridgehead atoms. The summed E-state index contributed by atoms with van der Waals surface area (Å²) in [5, 5.41) is 11.0. The molecule has 0 unspecified atom stereocenters. The lowest BCUT2D eigenvalue weighted by Gasteiger charge is -2.58. The number of nitro benzene ring substituents is 1. The zero-order valence-electron chi connectivity index (χ0n) is 25.2. The number of hydrogen-bond donors (Lipinski definition) is 0. The summed E-state index contributed by atoms with van der Waals surface area (Å²) >= 11 is 0. The summed E-state index contributed by atoms with van der Waals surface area (Å²) in [6, 6.07) is 5.66. The molecule has 0 radical (unpaired) electrons. The van der Waals surface area contributed by atoms with Gasteiger partial charge in [0.2, 0.25) is 0 Å². The van der Waals surface area contributed by atoms with E-state index in [1.54, 1.807) is 0 Å². The number of ether oxygens (including phenoxy) is 2. The highest BCUT2D eigenvalue weighted by Gasteiger charge is 2.59. The molecule has 3 fully saturated rings. The van der Waals surface area contributed by atoms with Crippen LogP contribution in [0.4, 0.5) is 10.5 Å². The molecule has 0 aromatic heterocycles. The number of non-ortho nitro benzene ring substituents is 1. The molecule has 4 aliphatic rings. The van der Waals surface area contributed by atoms with Gasteiger partial charge in [0.05, 0.1) is 11.0 Å². The number of fused-ring (bicyclic) bond motifs is 5. The van der Waals surface area contributed by atoms with E-state index in [1.807, 2.05) is 0 Å². The van der Waals surface area contributed by atoms with Gasteiger partial charge in [-0.1, -0.05) is 71.6 Å². The highest BCUT2D eigenvalue weighted by atomic mass is 16.7. The fraction of sp³-hybridized carbons (Fsp3) is 0.735. The van der Waals surface area contributed by atoms with Crippen LogP contribution in [0.5, 0.6) is 5.75 Å². The van der Waals surface area contributed by atoms with Gasteiger partial charge in [0.1, 0.15) is 11.9 Å². The van der Waals surface area contributed by atoms with Gasteiger partial charge in [0, 0.05) is 12.5 Å². The molecule has 8 atom stereocenters. The minimum atomic E-state index is -0.781. The zero-order valence-corrected chi connectivity index (χ0v) is 25.2. The van der Waals surface area contributed by atoms with Crippen LogP contribution in [-0.2, 0) is 4.74 Å². The van der Waals surface area contributed by atoms with Gasteiger partial charge >= 0.3 is 6.16 Å².